The van der Waals surface area contributed by atoms with E-state index in [2.05, 4.69) is 27.7 Å². The summed E-state index contributed by atoms with van der Waals surface area (Å²) in [6, 6.07) is 0. The Morgan fingerprint density at radius 2 is 1.61 bits per heavy atom. The molecule has 0 aromatic rings. The Morgan fingerprint density at radius 1 is 0.921 bits per heavy atom. The van der Waals surface area contributed by atoms with Gasteiger partial charge in [-0.25, -0.2) is 0 Å². The van der Waals surface area contributed by atoms with E-state index in [1.165, 1.54) is 0 Å². The van der Waals surface area contributed by atoms with Gasteiger partial charge in [0, 0.05) is 24.2 Å². The van der Waals surface area contributed by atoms with Crippen molar-refractivity contribution in [1.29, 1.82) is 0 Å². The lowest BCUT2D eigenvalue weighted by Crippen LogP contribution is -2.71. The molecule has 1 aliphatic heterocycles. The number of fused-ring (bicyclic) bond motifs is 7. The first-order chi connectivity index (χ1) is 17.6. The Balaban J connectivity index is 1.41. The zero-order chi connectivity index (χ0) is 27.7. The normalized spacial score (nSPS) is 57.7. The zero-order valence-corrected chi connectivity index (χ0v) is 24.6. The van der Waals surface area contributed by atoms with Crippen LogP contribution in [-0.2, 0) is 19.1 Å². The topological polar surface area (TPSA) is 93.1 Å². The number of rotatable bonds is 2. The van der Waals surface area contributed by atoms with Gasteiger partial charge in [0.2, 0.25) is 0 Å². The lowest BCUT2D eigenvalue weighted by Gasteiger charge is -2.72. The van der Waals surface area contributed by atoms with Crippen molar-refractivity contribution in [2.45, 2.75) is 117 Å². The summed E-state index contributed by atoms with van der Waals surface area (Å²) >= 11 is 0. The molecule has 0 aromatic carbocycles. The highest BCUT2D eigenvalue weighted by Gasteiger charge is 2.74. The van der Waals surface area contributed by atoms with E-state index in [1.54, 1.807) is 0 Å². The van der Waals surface area contributed by atoms with E-state index in [1.807, 2.05) is 20.8 Å². The van der Waals surface area contributed by atoms with Crippen LogP contribution in [0.25, 0.3) is 0 Å². The second kappa shape index (κ2) is 8.14. The van der Waals surface area contributed by atoms with Gasteiger partial charge in [0.25, 0.3) is 0 Å². The van der Waals surface area contributed by atoms with Gasteiger partial charge in [0.15, 0.2) is 5.79 Å². The number of ketones is 2. The van der Waals surface area contributed by atoms with Crippen molar-refractivity contribution in [2.75, 3.05) is 13.2 Å². The SMILES string of the molecule is CC1(C)OC[C@@](C)(C2CC[C@H]3C(=O)C[C@]4(C)C(CC[C@H]5[C@@]4(C)[C@@H](O)CC4[C@]5(C)CCC(=O)[C@@]4(C)CO)C23)O1. The summed E-state index contributed by atoms with van der Waals surface area (Å²) < 4.78 is 12.6. The molecule has 6 rings (SSSR count). The smallest absolute Gasteiger partial charge is 0.163 e. The number of hydrogen-bond acceptors (Lipinski definition) is 6. The molecule has 12 atom stereocenters. The maximum absolute atomic E-state index is 14.0. The Labute approximate surface area is 228 Å². The molecule has 6 heteroatoms. The van der Waals surface area contributed by atoms with Crippen LogP contribution in [0.1, 0.15) is 99.8 Å². The van der Waals surface area contributed by atoms with Gasteiger partial charge in [0.1, 0.15) is 11.6 Å². The van der Waals surface area contributed by atoms with E-state index in [0.29, 0.717) is 37.6 Å². The average molecular weight is 531 g/mol. The fourth-order valence-electron chi connectivity index (χ4n) is 12.0. The van der Waals surface area contributed by atoms with Crippen molar-refractivity contribution in [3.05, 3.63) is 0 Å². The molecular formula is C32H50O6. The van der Waals surface area contributed by atoms with Crippen molar-refractivity contribution in [3.63, 3.8) is 0 Å². The molecule has 0 radical (unpaired) electrons. The number of aliphatic hydroxyl groups is 2. The summed E-state index contributed by atoms with van der Waals surface area (Å²) in [6.45, 7) is 15.4. The molecule has 214 valence electrons. The van der Waals surface area contributed by atoms with Gasteiger partial charge in [-0.1, -0.05) is 27.7 Å². The van der Waals surface area contributed by atoms with Crippen LogP contribution in [0.2, 0.25) is 0 Å². The molecule has 1 heterocycles. The minimum Gasteiger partial charge on any atom is -0.395 e. The van der Waals surface area contributed by atoms with E-state index in [9.17, 15) is 19.8 Å². The van der Waals surface area contributed by atoms with Crippen molar-refractivity contribution in [1.82, 2.24) is 0 Å². The number of carbonyl (C=O) groups excluding carboxylic acids is 2. The number of hydrogen-bond donors (Lipinski definition) is 2. The van der Waals surface area contributed by atoms with Gasteiger partial charge in [-0.05, 0) is 99.7 Å². The molecule has 5 aliphatic carbocycles. The minimum absolute atomic E-state index is 0.0501. The summed E-state index contributed by atoms with van der Waals surface area (Å²) in [4.78, 5) is 27.1. The third-order valence-corrected chi connectivity index (χ3v) is 14.0. The van der Waals surface area contributed by atoms with E-state index >= 15 is 0 Å². The molecule has 2 N–H and O–H groups in total. The predicted octanol–water partition coefficient (Wildman–Crippen LogP) is 4.93. The van der Waals surface area contributed by atoms with Gasteiger partial charge in [0.05, 0.1) is 30.3 Å². The minimum atomic E-state index is -0.807. The van der Waals surface area contributed by atoms with Gasteiger partial charge in [-0.2, -0.15) is 0 Å². The Morgan fingerprint density at radius 3 is 2.24 bits per heavy atom. The van der Waals surface area contributed by atoms with Gasteiger partial charge >= 0.3 is 0 Å². The first-order valence-corrected chi connectivity index (χ1v) is 15.3. The number of aliphatic hydroxyl groups excluding tert-OH is 2. The van der Waals surface area contributed by atoms with Crippen LogP contribution in [0.3, 0.4) is 0 Å². The van der Waals surface area contributed by atoms with Gasteiger partial charge < -0.3 is 19.7 Å². The molecular weight excluding hydrogens is 480 g/mol. The molecule has 0 aromatic heterocycles. The van der Waals surface area contributed by atoms with E-state index in [4.69, 9.17) is 9.47 Å². The molecule has 6 nitrogen and oxygen atoms in total. The summed E-state index contributed by atoms with van der Waals surface area (Å²) in [6.07, 6.45) is 5.70. The summed E-state index contributed by atoms with van der Waals surface area (Å²) in [7, 11) is 0. The molecule has 6 aliphatic rings. The molecule has 38 heavy (non-hydrogen) atoms. The fourth-order valence-corrected chi connectivity index (χ4v) is 12.0. The maximum Gasteiger partial charge on any atom is 0.163 e. The maximum atomic E-state index is 14.0. The molecule has 0 amide bonds. The Hall–Kier alpha value is -0.820. The molecule has 4 unspecified atom stereocenters. The van der Waals surface area contributed by atoms with Crippen LogP contribution in [-0.4, -0.2) is 52.5 Å². The van der Waals surface area contributed by atoms with E-state index < -0.39 is 28.3 Å². The largest absolute Gasteiger partial charge is 0.395 e. The highest BCUT2D eigenvalue weighted by molar-refractivity contribution is 5.86. The van der Waals surface area contributed by atoms with Crippen molar-refractivity contribution in [3.8, 4) is 0 Å². The predicted molar refractivity (Wildman–Crippen MR) is 143 cm³/mol. The molecule has 0 spiro atoms. The lowest BCUT2D eigenvalue weighted by atomic mass is 9.32. The van der Waals surface area contributed by atoms with Crippen LogP contribution in [0, 0.1) is 57.2 Å². The van der Waals surface area contributed by atoms with Gasteiger partial charge in [-0.15, -0.1) is 0 Å². The Bertz CT molecular complexity index is 1040. The van der Waals surface area contributed by atoms with Crippen molar-refractivity contribution >= 4 is 11.6 Å². The number of Topliss-reactive ketones (excluding diaryl/α,β-unsaturated/α-hetero) is 2. The quantitative estimate of drug-likeness (QED) is 0.526. The summed E-state index contributed by atoms with van der Waals surface area (Å²) in [5, 5.41) is 22.5. The Kier molecular flexibility index (Phi) is 5.86. The highest BCUT2D eigenvalue weighted by Crippen LogP contribution is 2.75. The molecule has 0 bridgehead atoms. The third kappa shape index (κ3) is 3.21. The van der Waals surface area contributed by atoms with Crippen molar-refractivity contribution in [2.24, 2.45) is 57.2 Å². The van der Waals surface area contributed by atoms with Crippen molar-refractivity contribution < 1.29 is 29.3 Å². The first kappa shape index (κ1) is 27.4. The third-order valence-electron chi connectivity index (χ3n) is 14.0. The molecule has 5 saturated carbocycles. The standard InChI is InChI=1S/C32H50O6/c1-27(2)37-17-31(6,38-27)20-9-8-18-21(34)15-30(5)19(26(18)20)10-11-22-28(3)13-12-24(35)29(4,16-33)23(28)14-25(36)32(22,30)7/h18-20,22-23,25-26,33,36H,8-17H2,1-7H3/t18-,19?,20?,22+,23?,25-,26?,28+,29-,30+,31-,32-/m0/s1. The lowest BCUT2D eigenvalue weighted by molar-refractivity contribution is -0.268. The summed E-state index contributed by atoms with van der Waals surface area (Å²) in [5.74, 6) is 0.978. The monoisotopic (exact) mass is 530 g/mol. The van der Waals surface area contributed by atoms with Crippen LogP contribution >= 0.6 is 0 Å². The van der Waals surface area contributed by atoms with E-state index in [-0.39, 0.29) is 52.8 Å². The molecule has 6 fully saturated rings. The number of ether oxygens (including phenoxy) is 2. The average Bonchev–Trinajstić information content (AvgIpc) is 3.41. The second-order valence-electron chi connectivity index (χ2n) is 15.9. The number of carbonyl (C=O) groups is 2. The van der Waals surface area contributed by atoms with Crippen LogP contribution in [0.4, 0.5) is 0 Å². The van der Waals surface area contributed by atoms with Gasteiger partial charge in [-0.3, -0.25) is 9.59 Å². The fraction of sp³-hybridized carbons (Fsp3) is 0.938. The zero-order valence-electron chi connectivity index (χ0n) is 24.6. The summed E-state index contributed by atoms with van der Waals surface area (Å²) in [5.41, 5.74) is -2.13. The van der Waals surface area contributed by atoms with Crippen LogP contribution in [0.5, 0.6) is 0 Å². The van der Waals surface area contributed by atoms with E-state index in [0.717, 1.165) is 32.1 Å². The second-order valence-corrected chi connectivity index (χ2v) is 15.9. The van der Waals surface area contributed by atoms with Crippen LogP contribution < -0.4 is 0 Å². The highest BCUT2D eigenvalue weighted by atomic mass is 16.8. The molecule has 1 saturated heterocycles. The van der Waals surface area contributed by atoms with Crippen LogP contribution in [0.15, 0.2) is 0 Å². The first-order valence-electron chi connectivity index (χ1n) is 15.3.